The number of oxime groups is 1. The monoisotopic (exact) mass is 299 g/mol. The highest BCUT2D eigenvalue weighted by Crippen LogP contribution is 2.11. The summed E-state index contributed by atoms with van der Waals surface area (Å²) in [6.07, 6.45) is 1.22. The van der Waals surface area contributed by atoms with Crippen LogP contribution in [0.25, 0.3) is 0 Å². The zero-order chi connectivity index (χ0) is 15.3. The van der Waals surface area contributed by atoms with Gasteiger partial charge in [-0.25, -0.2) is 8.42 Å². The lowest BCUT2D eigenvalue weighted by Crippen LogP contribution is -2.32. The van der Waals surface area contributed by atoms with E-state index in [9.17, 15) is 8.42 Å². The molecule has 1 unspecified atom stereocenters. The number of sulfone groups is 1. The van der Waals surface area contributed by atoms with Crippen LogP contribution in [0.15, 0.2) is 23.4 Å². The Labute approximate surface area is 119 Å². The maximum absolute atomic E-state index is 11.2. The van der Waals surface area contributed by atoms with Crippen LogP contribution in [-0.4, -0.2) is 37.5 Å². The third-order valence-electron chi connectivity index (χ3n) is 2.94. The second kappa shape index (κ2) is 6.71. The standard InChI is InChI=1S/C13H21N3O3S/c1-9-6-11(13(14)16-17)4-5-12(9)7-15-10(2)8-20(3,18)19/h4-6,10,15,17H,7-8H2,1-3H3,(H2,14,16). The van der Waals surface area contributed by atoms with E-state index in [1.165, 1.54) is 6.26 Å². The molecule has 4 N–H and O–H groups in total. The topological polar surface area (TPSA) is 105 Å². The molecule has 7 heteroatoms. The molecule has 0 saturated heterocycles. The van der Waals surface area contributed by atoms with Gasteiger partial charge in [-0.2, -0.15) is 0 Å². The largest absolute Gasteiger partial charge is 0.409 e. The highest BCUT2D eigenvalue weighted by molar-refractivity contribution is 7.90. The van der Waals surface area contributed by atoms with Gasteiger partial charge in [0.1, 0.15) is 9.84 Å². The zero-order valence-electron chi connectivity index (χ0n) is 11.9. The van der Waals surface area contributed by atoms with Gasteiger partial charge in [0, 0.05) is 24.4 Å². The summed E-state index contributed by atoms with van der Waals surface area (Å²) >= 11 is 0. The predicted octanol–water partition coefficient (Wildman–Crippen LogP) is 0.612. The van der Waals surface area contributed by atoms with Gasteiger partial charge in [0.2, 0.25) is 0 Å². The van der Waals surface area contributed by atoms with Gasteiger partial charge in [-0.1, -0.05) is 17.3 Å². The van der Waals surface area contributed by atoms with Crippen LogP contribution in [0.4, 0.5) is 0 Å². The SMILES string of the molecule is Cc1cc(/C(N)=N/O)ccc1CNC(C)CS(C)(=O)=O. The fraction of sp³-hybridized carbons (Fsp3) is 0.462. The Bertz CT molecular complexity index is 597. The summed E-state index contributed by atoms with van der Waals surface area (Å²) in [6.45, 7) is 4.33. The van der Waals surface area contributed by atoms with Crippen LogP contribution >= 0.6 is 0 Å². The number of benzene rings is 1. The molecule has 0 radical (unpaired) electrons. The van der Waals surface area contributed by atoms with Gasteiger partial charge in [0.25, 0.3) is 0 Å². The molecule has 0 fully saturated rings. The Kier molecular flexibility index (Phi) is 5.52. The summed E-state index contributed by atoms with van der Waals surface area (Å²) in [6, 6.07) is 5.35. The van der Waals surface area contributed by atoms with Crippen LogP contribution < -0.4 is 11.1 Å². The molecule has 1 aromatic carbocycles. The number of hydrogen-bond donors (Lipinski definition) is 3. The van der Waals surface area contributed by atoms with Gasteiger partial charge in [0.15, 0.2) is 5.84 Å². The number of hydrogen-bond acceptors (Lipinski definition) is 5. The molecule has 6 nitrogen and oxygen atoms in total. The van der Waals surface area contributed by atoms with Crippen molar-refractivity contribution in [2.24, 2.45) is 10.9 Å². The van der Waals surface area contributed by atoms with Crippen molar-refractivity contribution in [3.8, 4) is 0 Å². The third-order valence-corrected chi connectivity index (χ3v) is 4.05. The molecular weight excluding hydrogens is 278 g/mol. The van der Waals surface area contributed by atoms with Crippen LogP contribution in [0.2, 0.25) is 0 Å². The molecule has 0 heterocycles. The Hall–Kier alpha value is -1.60. The first-order valence-corrected chi connectivity index (χ1v) is 8.27. The number of nitrogens with one attached hydrogen (secondary N) is 1. The average molecular weight is 299 g/mol. The summed E-state index contributed by atoms with van der Waals surface area (Å²) in [5, 5.41) is 14.8. The second-order valence-corrected chi connectivity index (χ2v) is 7.19. The summed E-state index contributed by atoms with van der Waals surface area (Å²) in [5.74, 6) is 0.173. The number of nitrogens with zero attached hydrogens (tertiary/aromatic N) is 1. The summed E-state index contributed by atoms with van der Waals surface area (Å²) in [4.78, 5) is 0. The number of aryl methyl sites for hydroxylation is 1. The minimum Gasteiger partial charge on any atom is -0.409 e. The summed E-state index contributed by atoms with van der Waals surface area (Å²) in [7, 11) is -2.98. The Balaban J connectivity index is 2.70. The maximum Gasteiger partial charge on any atom is 0.170 e. The van der Waals surface area contributed by atoms with E-state index in [2.05, 4.69) is 10.5 Å². The van der Waals surface area contributed by atoms with Crippen molar-refractivity contribution in [2.45, 2.75) is 26.4 Å². The quantitative estimate of drug-likeness (QED) is 0.309. The molecule has 0 bridgehead atoms. The molecule has 0 amide bonds. The number of amidine groups is 1. The van der Waals surface area contributed by atoms with Crippen LogP contribution in [0.1, 0.15) is 23.6 Å². The van der Waals surface area contributed by atoms with E-state index in [0.717, 1.165) is 11.1 Å². The van der Waals surface area contributed by atoms with Crippen molar-refractivity contribution < 1.29 is 13.6 Å². The zero-order valence-corrected chi connectivity index (χ0v) is 12.7. The van der Waals surface area contributed by atoms with E-state index < -0.39 is 9.84 Å². The summed E-state index contributed by atoms with van der Waals surface area (Å²) in [5.41, 5.74) is 8.21. The fourth-order valence-electron chi connectivity index (χ4n) is 1.91. The number of rotatable bonds is 6. The molecule has 1 rings (SSSR count). The first kappa shape index (κ1) is 16.5. The molecule has 0 aromatic heterocycles. The lowest BCUT2D eigenvalue weighted by molar-refractivity contribution is 0.318. The first-order chi connectivity index (χ1) is 9.23. The molecular formula is C13H21N3O3S. The van der Waals surface area contributed by atoms with Gasteiger partial charge in [-0.15, -0.1) is 0 Å². The first-order valence-electron chi connectivity index (χ1n) is 6.21. The molecule has 0 aliphatic heterocycles. The van der Waals surface area contributed by atoms with Crippen molar-refractivity contribution in [3.63, 3.8) is 0 Å². The molecule has 0 aliphatic carbocycles. The molecule has 1 aromatic rings. The Morgan fingerprint density at radius 1 is 1.50 bits per heavy atom. The van der Waals surface area contributed by atoms with E-state index >= 15 is 0 Å². The smallest absolute Gasteiger partial charge is 0.170 e. The van der Waals surface area contributed by atoms with E-state index in [1.807, 2.05) is 26.0 Å². The Morgan fingerprint density at radius 2 is 2.15 bits per heavy atom. The van der Waals surface area contributed by atoms with Gasteiger partial charge in [0.05, 0.1) is 5.75 Å². The molecule has 1 atom stereocenters. The average Bonchev–Trinajstić information content (AvgIpc) is 2.34. The maximum atomic E-state index is 11.2. The lowest BCUT2D eigenvalue weighted by atomic mass is 10.0. The Morgan fingerprint density at radius 3 is 2.65 bits per heavy atom. The van der Waals surface area contributed by atoms with E-state index in [1.54, 1.807) is 6.07 Å². The minimum atomic E-state index is -2.98. The summed E-state index contributed by atoms with van der Waals surface area (Å²) < 4.78 is 22.4. The van der Waals surface area contributed by atoms with Gasteiger partial charge in [-0.3, -0.25) is 0 Å². The van der Waals surface area contributed by atoms with E-state index in [0.29, 0.717) is 12.1 Å². The third kappa shape index (κ3) is 5.18. The van der Waals surface area contributed by atoms with Crippen LogP contribution in [-0.2, 0) is 16.4 Å². The van der Waals surface area contributed by atoms with Crippen molar-refractivity contribution in [1.82, 2.24) is 5.32 Å². The lowest BCUT2D eigenvalue weighted by Gasteiger charge is -2.14. The minimum absolute atomic E-state index is 0.0676. The predicted molar refractivity (Wildman–Crippen MR) is 79.7 cm³/mol. The fourth-order valence-corrected chi connectivity index (χ4v) is 2.93. The number of nitrogens with two attached hydrogens (primary N) is 1. The van der Waals surface area contributed by atoms with Crippen molar-refractivity contribution in [2.75, 3.05) is 12.0 Å². The highest BCUT2D eigenvalue weighted by Gasteiger charge is 2.10. The van der Waals surface area contributed by atoms with Gasteiger partial charge < -0.3 is 16.3 Å². The van der Waals surface area contributed by atoms with E-state index in [-0.39, 0.29) is 17.6 Å². The van der Waals surface area contributed by atoms with Crippen LogP contribution in [0.3, 0.4) is 0 Å². The van der Waals surface area contributed by atoms with Gasteiger partial charge >= 0.3 is 0 Å². The second-order valence-electron chi connectivity index (χ2n) is 5.00. The van der Waals surface area contributed by atoms with Gasteiger partial charge in [-0.05, 0) is 31.0 Å². The van der Waals surface area contributed by atoms with Crippen molar-refractivity contribution in [3.05, 3.63) is 34.9 Å². The van der Waals surface area contributed by atoms with E-state index in [4.69, 9.17) is 10.9 Å². The molecule has 0 aliphatic rings. The van der Waals surface area contributed by atoms with Crippen LogP contribution in [0.5, 0.6) is 0 Å². The molecule has 0 spiro atoms. The molecule has 112 valence electrons. The normalized spacial score (nSPS) is 14.2. The molecule has 20 heavy (non-hydrogen) atoms. The molecule has 0 saturated carbocycles. The van der Waals surface area contributed by atoms with Crippen LogP contribution in [0, 0.1) is 6.92 Å². The highest BCUT2D eigenvalue weighted by atomic mass is 32.2. The van der Waals surface area contributed by atoms with Crippen molar-refractivity contribution >= 4 is 15.7 Å². The van der Waals surface area contributed by atoms with Crippen molar-refractivity contribution in [1.29, 1.82) is 0 Å².